The van der Waals surface area contributed by atoms with Crippen LogP contribution in [0.25, 0.3) is 0 Å². The minimum atomic E-state index is -0.971. The number of aromatic nitrogens is 2. The van der Waals surface area contributed by atoms with E-state index in [-0.39, 0.29) is 12.3 Å². The minimum Gasteiger partial charge on any atom is -0.481 e. The van der Waals surface area contributed by atoms with Gasteiger partial charge in [0.25, 0.3) is 0 Å². The molecule has 1 aromatic rings. The van der Waals surface area contributed by atoms with Crippen molar-refractivity contribution in [3.63, 3.8) is 0 Å². The molecule has 1 fully saturated rings. The Labute approximate surface area is 131 Å². The maximum absolute atomic E-state index is 11.9. The van der Waals surface area contributed by atoms with E-state index in [1.54, 1.807) is 0 Å². The van der Waals surface area contributed by atoms with Crippen molar-refractivity contribution < 1.29 is 14.7 Å². The van der Waals surface area contributed by atoms with Crippen molar-refractivity contribution in [2.24, 2.45) is 0 Å². The van der Waals surface area contributed by atoms with Crippen LogP contribution in [0.1, 0.15) is 24.7 Å². The van der Waals surface area contributed by atoms with E-state index in [1.807, 2.05) is 23.4 Å². The zero-order valence-corrected chi connectivity index (χ0v) is 13.7. The molecule has 1 aliphatic rings. The van der Waals surface area contributed by atoms with E-state index in [0.717, 1.165) is 22.4 Å². The normalized spacial score (nSPS) is 19.6. The largest absolute Gasteiger partial charge is 0.481 e. The molecule has 116 valence electrons. The SMILES string of the molecule is CCn1nc(C)c(Br)c1CN1CCNC(=O)C1CC(=O)O. The number of carboxylic acid groups (broad SMARTS) is 1. The van der Waals surface area contributed by atoms with Crippen molar-refractivity contribution >= 4 is 27.8 Å². The molecule has 0 aromatic carbocycles. The first-order valence-corrected chi connectivity index (χ1v) is 7.68. The molecule has 0 aliphatic carbocycles. The highest BCUT2D eigenvalue weighted by atomic mass is 79.9. The van der Waals surface area contributed by atoms with Crippen molar-refractivity contribution in [1.29, 1.82) is 0 Å². The number of hydrogen-bond acceptors (Lipinski definition) is 4. The molecular weight excluding hydrogens is 340 g/mol. The number of aliphatic carboxylic acids is 1. The maximum Gasteiger partial charge on any atom is 0.305 e. The van der Waals surface area contributed by atoms with E-state index in [4.69, 9.17) is 5.11 Å². The lowest BCUT2D eigenvalue weighted by Gasteiger charge is -2.34. The summed E-state index contributed by atoms with van der Waals surface area (Å²) in [6, 6.07) is -0.635. The summed E-state index contributed by atoms with van der Waals surface area (Å²) in [5.74, 6) is -1.19. The summed E-state index contributed by atoms with van der Waals surface area (Å²) in [5.41, 5.74) is 1.86. The lowest BCUT2D eigenvalue weighted by Crippen LogP contribution is -2.55. The molecule has 2 heterocycles. The molecule has 2 rings (SSSR count). The molecule has 0 bridgehead atoms. The van der Waals surface area contributed by atoms with Crippen molar-refractivity contribution in [1.82, 2.24) is 20.0 Å². The number of amides is 1. The number of halogens is 1. The van der Waals surface area contributed by atoms with Gasteiger partial charge in [0.2, 0.25) is 5.91 Å². The van der Waals surface area contributed by atoms with Gasteiger partial charge in [0.1, 0.15) is 6.04 Å². The number of carbonyl (C=O) groups is 2. The first-order valence-electron chi connectivity index (χ1n) is 6.89. The van der Waals surface area contributed by atoms with Crippen LogP contribution in [0, 0.1) is 6.92 Å². The Kier molecular flexibility index (Phi) is 5.00. The molecule has 21 heavy (non-hydrogen) atoms. The maximum atomic E-state index is 11.9. The van der Waals surface area contributed by atoms with Gasteiger partial charge in [-0.15, -0.1) is 0 Å². The van der Waals surface area contributed by atoms with Gasteiger partial charge in [-0.2, -0.15) is 5.10 Å². The third kappa shape index (κ3) is 3.44. The summed E-state index contributed by atoms with van der Waals surface area (Å²) in [7, 11) is 0. The molecule has 0 radical (unpaired) electrons. The predicted molar refractivity (Wildman–Crippen MR) is 79.8 cm³/mol. The van der Waals surface area contributed by atoms with E-state index in [1.165, 1.54) is 0 Å². The standard InChI is InChI=1S/C13H19BrN4O3/c1-3-18-10(12(14)8(2)16-18)7-17-5-4-15-13(21)9(17)6-11(19)20/h9H,3-7H2,1-2H3,(H,15,21)(H,19,20). The molecule has 1 saturated heterocycles. The van der Waals surface area contributed by atoms with Crippen LogP contribution in [-0.4, -0.2) is 50.8 Å². The van der Waals surface area contributed by atoms with Gasteiger partial charge in [0.05, 0.1) is 22.3 Å². The van der Waals surface area contributed by atoms with Crippen molar-refractivity contribution in [3.05, 3.63) is 15.9 Å². The van der Waals surface area contributed by atoms with Gasteiger partial charge in [-0.25, -0.2) is 0 Å². The molecule has 8 heteroatoms. The molecule has 0 saturated carbocycles. The van der Waals surface area contributed by atoms with Gasteiger partial charge >= 0.3 is 5.97 Å². The van der Waals surface area contributed by atoms with Gasteiger partial charge in [0.15, 0.2) is 0 Å². The highest BCUT2D eigenvalue weighted by molar-refractivity contribution is 9.10. The average Bonchev–Trinajstić information content (AvgIpc) is 2.70. The Balaban J connectivity index is 2.23. The topological polar surface area (TPSA) is 87.5 Å². The molecular formula is C13H19BrN4O3. The summed E-state index contributed by atoms with van der Waals surface area (Å²) in [4.78, 5) is 24.8. The highest BCUT2D eigenvalue weighted by Crippen LogP contribution is 2.24. The molecule has 1 aliphatic heterocycles. The molecule has 1 amide bonds. The molecule has 7 nitrogen and oxygen atoms in total. The van der Waals surface area contributed by atoms with Gasteiger partial charge in [-0.3, -0.25) is 19.2 Å². The van der Waals surface area contributed by atoms with Crippen LogP contribution >= 0.6 is 15.9 Å². The van der Waals surface area contributed by atoms with E-state index >= 15 is 0 Å². The number of aryl methyl sites for hydroxylation is 2. The second-order valence-electron chi connectivity index (χ2n) is 5.04. The summed E-state index contributed by atoms with van der Waals surface area (Å²) in [6.45, 7) is 6.30. The lowest BCUT2D eigenvalue weighted by molar-refractivity contribution is -0.143. The summed E-state index contributed by atoms with van der Waals surface area (Å²) >= 11 is 3.53. The van der Waals surface area contributed by atoms with Crippen LogP contribution < -0.4 is 5.32 Å². The Morgan fingerprint density at radius 1 is 1.57 bits per heavy atom. The zero-order chi connectivity index (χ0) is 15.6. The van der Waals surface area contributed by atoms with Crippen LogP contribution in [0.5, 0.6) is 0 Å². The van der Waals surface area contributed by atoms with Crippen LogP contribution in [0.15, 0.2) is 4.47 Å². The van der Waals surface area contributed by atoms with E-state index < -0.39 is 12.0 Å². The first-order chi connectivity index (χ1) is 9.93. The smallest absolute Gasteiger partial charge is 0.305 e. The Hall–Kier alpha value is -1.41. The molecule has 2 N–H and O–H groups in total. The van der Waals surface area contributed by atoms with Gasteiger partial charge in [-0.05, 0) is 29.8 Å². The molecule has 0 spiro atoms. The van der Waals surface area contributed by atoms with Gasteiger partial charge < -0.3 is 10.4 Å². The molecule has 1 unspecified atom stereocenters. The van der Waals surface area contributed by atoms with Crippen molar-refractivity contribution in [2.45, 2.75) is 39.4 Å². The third-order valence-corrected chi connectivity index (χ3v) is 4.65. The lowest BCUT2D eigenvalue weighted by atomic mass is 10.1. The summed E-state index contributed by atoms with van der Waals surface area (Å²) in [6.07, 6.45) is -0.192. The first kappa shape index (κ1) is 16.0. The average molecular weight is 359 g/mol. The quantitative estimate of drug-likeness (QED) is 0.810. The summed E-state index contributed by atoms with van der Waals surface area (Å²) in [5, 5.41) is 16.1. The number of piperazine rings is 1. The van der Waals surface area contributed by atoms with Gasteiger partial charge in [-0.1, -0.05) is 0 Å². The Morgan fingerprint density at radius 2 is 2.29 bits per heavy atom. The van der Waals surface area contributed by atoms with E-state index in [9.17, 15) is 9.59 Å². The number of nitrogens with one attached hydrogen (secondary N) is 1. The number of carboxylic acids is 1. The molecule has 1 aromatic heterocycles. The fourth-order valence-electron chi connectivity index (χ4n) is 2.55. The van der Waals surface area contributed by atoms with Gasteiger partial charge in [0, 0.05) is 26.2 Å². The van der Waals surface area contributed by atoms with E-state index in [0.29, 0.717) is 19.6 Å². The van der Waals surface area contributed by atoms with Crippen molar-refractivity contribution in [3.8, 4) is 0 Å². The number of carbonyl (C=O) groups excluding carboxylic acids is 1. The number of nitrogens with zero attached hydrogens (tertiary/aromatic N) is 3. The van der Waals surface area contributed by atoms with Crippen molar-refractivity contribution in [2.75, 3.05) is 13.1 Å². The van der Waals surface area contributed by atoms with Crippen LogP contribution in [-0.2, 0) is 22.7 Å². The second-order valence-corrected chi connectivity index (χ2v) is 5.83. The summed E-state index contributed by atoms with van der Waals surface area (Å²) < 4.78 is 2.80. The highest BCUT2D eigenvalue weighted by Gasteiger charge is 2.32. The van der Waals surface area contributed by atoms with Crippen LogP contribution in [0.4, 0.5) is 0 Å². The fourth-order valence-corrected chi connectivity index (χ4v) is 2.96. The number of hydrogen-bond donors (Lipinski definition) is 2. The number of rotatable bonds is 5. The predicted octanol–water partition coefficient (Wildman–Crippen LogP) is 0.749. The Morgan fingerprint density at radius 3 is 2.90 bits per heavy atom. The van der Waals surface area contributed by atoms with Crippen LogP contribution in [0.2, 0.25) is 0 Å². The van der Waals surface area contributed by atoms with Crippen LogP contribution in [0.3, 0.4) is 0 Å². The third-order valence-electron chi connectivity index (χ3n) is 3.62. The fraction of sp³-hybridized carbons (Fsp3) is 0.615. The zero-order valence-electron chi connectivity index (χ0n) is 12.1. The Bertz CT molecular complexity index is 558. The van der Waals surface area contributed by atoms with E-state index in [2.05, 4.69) is 26.3 Å². The second kappa shape index (κ2) is 6.57. The minimum absolute atomic E-state index is 0.192. The molecule has 1 atom stereocenters. The monoisotopic (exact) mass is 358 g/mol.